The molecule has 3 heterocycles. The highest BCUT2D eigenvalue weighted by Crippen LogP contribution is 2.38. The fourth-order valence-electron chi connectivity index (χ4n) is 4.28. The van der Waals surface area contributed by atoms with Gasteiger partial charge in [0.1, 0.15) is 0 Å². The van der Waals surface area contributed by atoms with Crippen molar-refractivity contribution in [2.45, 2.75) is 18.5 Å². The topological polar surface area (TPSA) is 28.2 Å². The number of rotatable bonds is 2. The average Bonchev–Trinajstić information content (AvgIpc) is 2.95. The Kier molecular flexibility index (Phi) is 4.28. The standard InChI is InChI=1S/C18H27N3O2/c1-19-12-15-13-23-20(2)18(15)11-17(19)14-4-3-5-16(10-14)21-6-8-22-9-7-21/h3-5,10,15,17-18H,6-9,11-13H2,1-2H3/t15-,17-,18-/m0/s1. The van der Waals surface area contributed by atoms with Gasteiger partial charge >= 0.3 is 0 Å². The third-order valence-electron chi connectivity index (χ3n) is 5.65. The Labute approximate surface area is 138 Å². The molecular weight excluding hydrogens is 290 g/mol. The van der Waals surface area contributed by atoms with Crippen molar-refractivity contribution in [3.8, 4) is 0 Å². The van der Waals surface area contributed by atoms with Gasteiger partial charge in [0, 0.05) is 50.4 Å². The lowest BCUT2D eigenvalue weighted by atomic mass is 9.86. The van der Waals surface area contributed by atoms with Crippen molar-refractivity contribution in [2.24, 2.45) is 5.92 Å². The number of likely N-dealkylation sites (tertiary alicyclic amines) is 1. The van der Waals surface area contributed by atoms with E-state index in [1.807, 2.05) is 0 Å². The molecule has 0 N–H and O–H groups in total. The number of hydrogen-bond acceptors (Lipinski definition) is 5. The van der Waals surface area contributed by atoms with Crippen molar-refractivity contribution < 1.29 is 9.57 Å². The molecule has 0 unspecified atom stereocenters. The maximum absolute atomic E-state index is 5.74. The van der Waals surface area contributed by atoms with Gasteiger partial charge in [-0.3, -0.25) is 9.74 Å². The first-order chi connectivity index (χ1) is 11.2. The molecule has 0 spiro atoms. The predicted octanol–water partition coefficient (Wildman–Crippen LogP) is 1.76. The van der Waals surface area contributed by atoms with Gasteiger partial charge in [0.2, 0.25) is 0 Å². The summed E-state index contributed by atoms with van der Waals surface area (Å²) in [6.45, 7) is 5.63. The lowest BCUT2D eigenvalue weighted by molar-refractivity contribution is -0.114. The van der Waals surface area contributed by atoms with Gasteiger partial charge in [0.25, 0.3) is 0 Å². The van der Waals surface area contributed by atoms with E-state index >= 15 is 0 Å². The zero-order chi connectivity index (χ0) is 15.8. The fourth-order valence-corrected chi connectivity index (χ4v) is 4.28. The zero-order valence-electron chi connectivity index (χ0n) is 14.1. The Morgan fingerprint density at radius 2 is 1.96 bits per heavy atom. The van der Waals surface area contributed by atoms with E-state index in [0.29, 0.717) is 18.0 Å². The lowest BCUT2D eigenvalue weighted by Gasteiger charge is -2.40. The number of anilines is 1. The minimum atomic E-state index is 0.474. The van der Waals surface area contributed by atoms with Crippen LogP contribution in [0.5, 0.6) is 0 Å². The highest BCUT2D eigenvalue weighted by Gasteiger charge is 2.41. The number of hydrogen-bond donors (Lipinski definition) is 0. The molecule has 5 nitrogen and oxygen atoms in total. The summed E-state index contributed by atoms with van der Waals surface area (Å²) in [6, 6.07) is 10.1. The minimum Gasteiger partial charge on any atom is -0.378 e. The molecule has 1 aromatic carbocycles. The molecule has 0 aromatic heterocycles. The first-order valence-electron chi connectivity index (χ1n) is 8.71. The second kappa shape index (κ2) is 6.40. The predicted molar refractivity (Wildman–Crippen MR) is 90.5 cm³/mol. The van der Waals surface area contributed by atoms with E-state index in [1.54, 1.807) is 0 Å². The Hall–Kier alpha value is -1.14. The van der Waals surface area contributed by atoms with Crippen molar-refractivity contribution >= 4 is 5.69 Å². The number of fused-ring (bicyclic) bond motifs is 1. The highest BCUT2D eigenvalue weighted by molar-refractivity contribution is 5.49. The summed E-state index contributed by atoms with van der Waals surface area (Å²) in [6.07, 6.45) is 1.14. The van der Waals surface area contributed by atoms with E-state index in [1.165, 1.54) is 11.3 Å². The molecule has 126 valence electrons. The first kappa shape index (κ1) is 15.4. The largest absolute Gasteiger partial charge is 0.378 e. The van der Waals surface area contributed by atoms with Crippen LogP contribution >= 0.6 is 0 Å². The second-order valence-corrected chi connectivity index (χ2v) is 7.05. The third kappa shape index (κ3) is 2.98. The van der Waals surface area contributed by atoms with E-state index in [-0.39, 0.29) is 0 Å². The molecule has 0 saturated carbocycles. The van der Waals surface area contributed by atoms with Gasteiger partial charge < -0.3 is 9.64 Å². The Morgan fingerprint density at radius 3 is 2.78 bits per heavy atom. The van der Waals surface area contributed by atoms with Crippen molar-refractivity contribution in [3.05, 3.63) is 29.8 Å². The molecule has 0 radical (unpaired) electrons. The summed E-state index contributed by atoms with van der Waals surface area (Å²) in [5, 5.41) is 2.08. The molecule has 3 saturated heterocycles. The van der Waals surface area contributed by atoms with Crippen LogP contribution < -0.4 is 4.90 Å². The SMILES string of the molecule is CN1C[C@H]2CON(C)[C@H]2C[C@H]1c1cccc(N2CCOCC2)c1. The van der Waals surface area contributed by atoms with Crippen molar-refractivity contribution in [1.29, 1.82) is 0 Å². The summed E-state index contributed by atoms with van der Waals surface area (Å²) in [7, 11) is 4.33. The van der Waals surface area contributed by atoms with Gasteiger partial charge in [0.05, 0.1) is 19.8 Å². The molecule has 0 aliphatic carbocycles. The molecule has 23 heavy (non-hydrogen) atoms. The number of ether oxygens (including phenoxy) is 1. The van der Waals surface area contributed by atoms with Crippen molar-refractivity contribution in [1.82, 2.24) is 9.96 Å². The number of nitrogens with zero attached hydrogens (tertiary/aromatic N) is 3. The van der Waals surface area contributed by atoms with Gasteiger partial charge in [-0.05, 0) is 31.2 Å². The van der Waals surface area contributed by atoms with Crippen LogP contribution in [-0.4, -0.2) is 69.6 Å². The maximum atomic E-state index is 5.74. The molecule has 5 heteroatoms. The van der Waals surface area contributed by atoms with Crippen LogP contribution in [0, 0.1) is 5.92 Å². The molecule has 3 fully saturated rings. The van der Waals surface area contributed by atoms with E-state index in [2.05, 4.69) is 53.2 Å². The first-order valence-corrected chi connectivity index (χ1v) is 8.71. The molecule has 0 bridgehead atoms. The molecule has 3 atom stereocenters. The van der Waals surface area contributed by atoms with Gasteiger partial charge in [-0.1, -0.05) is 12.1 Å². The van der Waals surface area contributed by atoms with Crippen LogP contribution in [0.25, 0.3) is 0 Å². The number of hydroxylamine groups is 2. The fraction of sp³-hybridized carbons (Fsp3) is 0.667. The summed E-state index contributed by atoms with van der Waals surface area (Å²) in [5.41, 5.74) is 2.76. The normalized spacial score (nSPS) is 33.0. The molecule has 3 aliphatic rings. The van der Waals surface area contributed by atoms with Crippen LogP contribution in [0.3, 0.4) is 0 Å². The van der Waals surface area contributed by atoms with Crippen LogP contribution in [0.1, 0.15) is 18.0 Å². The van der Waals surface area contributed by atoms with Gasteiger partial charge in [-0.2, -0.15) is 5.06 Å². The summed E-state index contributed by atoms with van der Waals surface area (Å²) >= 11 is 0. The van der Waals surface area contributed by atoms with Crippen LogP contribution in [0.15, 0.2) is 24.3 Å². The second-order valence-electron chi connectivity index (χ2n) is 7.05. The Morgan fingerprint density at radius 1 is 1.13 bits per heavy atom. The Balaban J connectivity index is 1.54. The van der Waals surface area contributed by atoms with E-state index in [9.17, 15) is 0 Å². The molecule has 4 rings (SSSR count). The van der Waals surface area contributed by atoms with Gasteiger partial charge in [0.15, 0.2) is 0 Å². The lowest BCUT2D eigenvalue weighted by Crippen LogP contribution is -2.45. The molecule has 0 amide bonds. The molecule has 3 aliphatic heterocycles. The quantitative estimate of drug-likeness (QED) is 0.829. The molecule has 1 aromatic rings. The van der Waals surface area contributed by atoms with Crippen LogP contribution in [-0.2, 0) is 9.57 Å². The van der Waals surface area contributed by atoms with Gasteiger partial charge in [-0.25, -0.2) is 0 Å². The summed E-state index contributed by atoms with van der Waals surface area (Å²) in [5.74, 6) is 0.642. The van der Waals surface area contributed by atoms with Crippen LogP contribution in [0.4, 0.5) is 5.69 Å². The van der Waals surface area contributed by atoms with Crippen molar-refractivity contribution in [2.75, 3.05) is 58.5 Å². The van der Waals surface area contributed by atoms with E-state index in [0.717, 1.165) is 45.9 Å². The minimum absolute atomic E-state index is 0.474. The van der Waals surface area contributed by atoms with Crippen molar-refractivity contribution in [3.63, 3.8) is 0 Å². The highest BCUT2D eigenvalue weighted by atomic mass is 16.7. The maximum Gasteiger partial charge on any atom is 0.0741 e. The average molecular weight is 317 g/mol. The number of piperidine rings is 1. The summed E-state index contributed by atoms with van der Waals surface area (Å²) in [4.78, 5) is 10.7. The van der Waals surface area contributed by atoms with E-state index in [4.69, 9.17) is 9.57 Å². The summed E-state index contributed by atoms with van der Waals surface area (Å²) < 4.78 is 5.47. The number of benzene rings is 1. The van der Waals surface area contributed by atoms with Crippen LogP contribution in [0.2, 0.25) is 0 Å². The molecular formula is C18H27N3O2. The monoisotopic (exact) mass is 317 g/mol. The smallest absolute Gasteiger partial charge is 0.0741 e. The van der Waals surface area contributed by atoms with Gasteiger partial charge in [-0.15, -0.1) is 0 Å². The zero-order valence-corrected chi connectivity index (χ0v) is 14.1. The number of morpholine rings is 1. The third-order valence-corrected chi connectivity index (χ3v) is 5.65. The van der Waals surface area contributed by atoms with E-state index < -0.39 is 0 Å². The Bertz CT molecular complexity index is 547.